The first-order valence-corrected chi connectivity index (χ1v) is 7.24. The molecule has 0 saturated heterocycles. The lowest BCUT2D eigenvalue weighted by atomic mass is 10.2. The van der Waals surface area contributed by atoms with Crippen molar-refractivity contribution in [1.82, 2.24) is 5.32 Å². The average Bonchev–Trinajstić information content (AvgIpc) is 2.57. The van der Waals surface area contributed by atoms with Gasteiger partial charge in [0.2, 0.25) is 0 Å². The van der Waals surface area contributed by atoms with Crippen LogP contribution in [0, 0.1) is 22.5 Å². The lowest BCUT2D eigenvalue weighted by molar-refractivity contribution is -0.384. The van der Waals surface area contributed by atoms with E-state index in [0.717, 1.165) is 0 Å². The van der Waals surface area contributed by atoms with E-state index in [1.807, 2.05) is 6.92 Å². The van der Waals surface area contributed by atoms with Gasteiger partial charge in [-0.1, -0.05) is 6.92 Å². The molecule has 1 atom stereocenters. The summed E-state index contributed by atoms with van der Waals surface area (Å²) in [6, 6.07) is 4.57. The Morgan fingerprint density at radius 2 is 2.00 bits per heavy atom. The second kappa shape index (κ2) is 9.84. The summed E-state index contributed by atoms with van der Waals surface area (Å²) in [5.41, 5.74) is 0.508. The van der Waals surface area contributed by atoms with Gasteiger partial charge in [0, 0.05) is 18.6 Å². The number of ether oxygens (including phenoxy) is 2. The van der Waals surface area contributed by atoms with Crippen molar-refractivity contribution < 1.29 is 24.0 Å². The Bertz CT molecular complexity index is 620. The zero-order valence-corrected chi connectivity index (χ0v) is 13.2. The van der Waals surface area contributed by atoms with E-state index in [1.165, 1.54) is 24.3 Å². The Labute approximate surface area is 139 Å². The van der Waals surface area contributed by atoms with E-state index < -0.39 is 23.0 Å². The largest absolute Gasteiger partial charge is 0.464 e. The van der Waals surface area contributed by atoms with Gasteiger partial charge in [0.25, 0.3) is 5.69 Å². The van der Waals surface area contributed by atoms with Crippen LogP contribution in [0.4, 0.5) is 10.5 Å². The molecule has 0 aromatic heterocycles. The highest BCUT2D eigenvalue weighted by Gasteiger charge is 2.22. The Balaban J connectivity index is 2.52. The summed E-state index contributed by atoms with van der Waals surface area (Å²) in [4.78, 5) is 33.5. The van der Waals surface area contributed by atoms with Gasteiger partial charge in [-0.2, -0.15) is 0 Å². The lowest BCUT2D eigenvalue weighted by Gasteiger charge is -2.15. The molecule has 8 nitrogen and oxygen atoms in total. The fourth-order valence-corrected chi connectivity index (χ4v) is 1.66. The number of nitro benzene ring substituents is 1. The molecule has 24 heavy (non-hydrogen) atoms. The lowest BCUT2D eigenvalue weighted by Crippen LogP contribution is -2.42. The Morgan fingerprint density at radius 1 is 1.33 bits per heavy atom. The number of amides is 1. The molecule has 1 N–H and O–H groups in total. The average molecular weight is 334 g/mol. The minimum atomic E-state index is -0.981. The monoisotopic (exact) mass is 334 g/mol. The molecule has 1 rings (SSSR count). The van der Waals surface area contributed by atoms with Crippen LogP contribution in [0.25, 0.3) is 0 Å². The molecule has 0 aliphatic rings. The van der Waals surface area contributed by atoms with E-state index in [-0.39, 0.29) is 25.3 Å². The predicted octanol–water partition coefficient (Wildman–Crippen LogP) is 2.17. The molecule has 8 heteroatoms. The molecule has 128 valence electrons. The molecule has 0 heterocycles. The number of hydrogen-bond acceptors (Lipinski definition) is 6. The first kappa shape index (κ1) is 19.0. The molecule has 0 bridgehead atoms. The highest BCUT2D eigenvalue weighted by molar-refractivity contribution is 5.81. The Kier molecular flexibility index (Phi) is 7.78. The topological polar surface area (TPSA) is 108 Å². The molecule has 1 amide bonds. The highest BCUT2D eigenvalue weighted by atomic mass is 16.6. The third-order valence-corrected chi connectivity index (χ3v) is 2.86. The smallest absolute Gasteiger partial charge is 0.408 e. The molecule has 1 aromatic carbocycles. The van der Waals surface area contributed by atoms with Crippen LogP contribution in [-0.4, -0.2) is 29.6 Å². The maximum absolute atomic E-state index is 11.8. The third-order valence-electron chi connectivity index (χ3n) is 2.86. The van der Waals surface area contributed by atoms with Gasteiger partial charge < -0.3 is 14.8 Å². The molecule has 0 saturated carbocycles. The van der Waals surface area contributed by atoms with Crippen molar-refractivity contribution in [3.8, 4) is 12.3 Å². The number of nitro groups is 1. The molecule has 1 aromatic rings. The van der Waals surface area contributed by atoms with E-state index in [0.29, 0.717) is 12.0 Å². The number of hydrogen-bond donors (Lipinski definition) is 1. The SMILES string of the molecule is C#CCC(NC(=O)OCc1ccc([N+](=O)[O-])cc1)C(=O)OCCC. The normalized spacial score (nSPS) is 11.0. The van der Waals surface area contributed by atoms with Gasteiger partial charge in [0.15, 0.2) is 0 Å². The van der Waals surface area contributed by atoms with Gasteiger partial charge in [-0.25, -0.2) is 9.59 Å². The van der Waals surface area contributed by atoms with E-state index in [2.05, 4.69) is 11.2 Å². The molecule has 0 radical (unpaired) electrons. The van der Waals surface area contributed by atoms with Crippen LogP contribution in [0.2, 0.25) is 0 Å². The summed E-state index contributed by atoms with van der Waals surface area (Å²) in [5, 5.41) is 12.9. The number of nitrogens with one attached hydrogen (secondary N) is 1. The van der Waals surface area contributed by atoms with Crippen molar-refractivity contribution in [3.63, 3.8) is 0 Å². The quantitative estimate of drug-likeness (QED) is 0.338. The van der Waals surface area contributed by atoms with E-state index in [4.69, 9.17) is 15.9 Å². The number of rotatable bonds is 8. The number of carbonyl (C=O) groups excluding carboxylic acids is 2. The van der Waals surface area contributed by atoms with Crippen molar-refractivity contribution in [1.29, 1.82) is 0 Å². The number of carbonyl (C=O) groups is 2. The first-order chi connectivity index (χ1) is 11.5. The van der Waals surface area contributed by atoms with Gasteiger partial charge in [0.05, 0.1) is 11.5 Å². The highest BCUT2D eigenvalue weighted by Crippen LogP contribution is 2.12. The summed E-state index contributed by atoms with van der Waals surface area (Å²) in [5.74, 6) is 1.66. The minimum absolute atomic E-state index is 0.0187. The van der Waals surface area contributed by atoms with Crippen LogP contribution in [0.3, 0.4) is 0 Å². The van der Waals surface area contributed by atoms with E-state index in [9.17, 15) is 19.7 Å². The van der Waals surface area contributed by atoms with Crippen molar-refractivity contribution in [2.75, 3.05) is 6.61 Å². The second-order valence-corrected chi connectivity index (χ2v) is 4.77. The summed E-state index contributed by atoms with van der Waals surface area (Å²) in [7, 11) is 0. The van der Waals surface area contributed by atoms with Gasteiger partial charge in [-0.3, -0.25) is 10.1 Å². The summed E-state index contributed by atoms with van der Waals surface area (Å²) in [6.45, 7) is 1.98. The zero-order chi connectivity index (χ0) is 17.9. The zero-order valence-electron chi connectivity index (χ0n) is 13.2. The maximum Gasteiger partial charge on any atom is 0.408 e. The van der Waals surface area contributed by atoms with Gasteiger partial charge in [0.1, 0.15) is 12.6 Å². The van der Waals surface area contributed by atoms with Crippen LogP contribution in [0.5, 0.6) is 0 Å². The van der Waals surface area contributed by atoms with Crippen molar-refractivity contribution in [2.24, 2.45) is 0 Å². The van der Waals surface area contributed by atoms with Gasteiger partial charge in [-0.15, -0.1) is 12.3 Å². The molecule has 0 aliphatic heterocycles. The van der Waals surface area contributed by atoms with Crippen LogP contribution < -0.4 is 5.32 Å². The van der Waals surface area contributed by atoms with Gasteiger partial charge in [-0.05, 0) is 24.1 Å². The fraction of sp³-hybridized carbons (Fsp3) is 0.375. The van der Waals surface area contributed by atoms with Crippen LogP contribution in [-0.2, 0) is 20.9 Å². The van der Waals surface area contributed by atoms with Gasteiger partial charge >= 0.3 is 12.1 Å². The number of benzene rings is 1. The van der Waals surface area contributed by atoms with Crippen molar-refractivity contribution >= 4 is 17.7 Å². The summed E-state index contributed by atoms with van der Waals surface area (Å²) < 4.78 is 9.90. The molecular weight excluding hydrogens is 316 g/mol. The first-order valence-electron chi connectivity index (χ1n) is 7.24. The van der Waals surface area contributed by atoms with E-state index in [1.54, 1.807) is 0 Å². The molecule has 0 spiro atoms. The Morgan fingerprint density at radius 3 is 2.54 bits per heavy atom. The fourth-order valence-electron chi connectivity index (χ4n) is 1.66. The minimum Gasteiger partial charge on any atom is -0.464 e. The van der Waals surface area contributed by atoms with Crippen LogP contribution in [0.1, 0.15) is 25.3 Å². The number of terminal acetylenes is 1. The number of alkyl carbamates (subject to hydrolysis) is 1. The molecule has 1 unspecified atom stereocenters. The summed E-state index contributed by atoms with van der Waals surface area (Å²) in [6.07, 6.45) is 4.97. The summed E-state index contributed by atoms with van der Waals surface area (Å²) >= 11 is 0. The van der Waals surface area contributed by atoms with Crippen LogP contribution in [0.15, 0.2) is 24.3 Å². The molecule has 0 aliphatic carbocycles. The van der Waals surface area contributed by atoms with Crippen molar-refractivity contribution in [3.05, 3.63) is 39.9 Å². The number of nitrogens with zero attached hydrogens (tertiary/aromatic N) is 1. The second-order valence-electron chi connectivity index (χ2n) is 4.77. The number of non-ortho nitro benzene ring substituents is 1. The third kappa shape index (κ3) is 6.36. The molecular formula is C16H18N2O6. The van der Waals surface area contributed by atoms with E-state index >= 15 is 0 Å². The predicted molar refractivity (Wildman–Crippen MR) is 84.9 cm³/mol. The van der Waals surface area contributed by atoms with Crippen LogP contribution >= 0.6 is 0 Å². The standard InChI is InChI=1S/C16H18N2O6/c1-3-5-14(15(19)23-10-4-2)17-16(20)24-11-12-6-8-13(9-7-12)18(21)22/h1,6-9,14H,4-5,10-11H2,2H3,(H,17,20). The Hall–Kier alpha value is -3.08. The maximum atomic E-state index is 11.8. The number of esters is 1. The molecule has 0 fully saturated rings. The van der Waals surface area contributed by atoms with Crippen molar-refractivity contribution in [2.45, 2.75) is 32.4 Å².